The first-order chi connectivity index (χ1) is 14.8. The van der Waals surface area contributed by atoms with Gasteiger partial charge in [0.2, 0.25) is 0 Å². The first-order valence-electron chi connectivity index (χ1n) is 10.9. The molecular formula is C28H26O2. The third-order valence-corrected chi connectivity index (χ3v) is 7.44. The molecule has 0 radical (unpaired) electrons. The van der Waals surface area contributed by atoms with Crippen LogP contribution in [0, 0.1) is 0 Å². The molecule has 0 aliphatic heterocycles. The molecule has 2 aliphatic rings. The van der Waals surface area contributed by atoms with Gasteiger partial charge in [0.25, 0.3) is 0 Å². The molecule has 0 saturated carbocycles. The lowest BCUT2D eigenvalue weighted by Crippen LogP contribution is -2.30. The van der Waals surface area contributed by atoms with Crippen LogP contribution in [-0.2, 0) is 9.47 Å². The summed E-state index contributed by atoms with van der Waals surface area (Å²) in [5.41, 5.74) is 5.65. The maximum Gasteiger partial charge on any atom is 0.0836 e. The van der Waals surface area contributed by atoms with Gasteiger partial charge in [0.1, 0.15) is 0 Å². The molecule has 2 aliphatic carbocycles. The lowest BCUT2D eigenvalue weighted by atomic mass is 9.63. The van der Waals surface area contributed by atoms with Gasteiger partial charge in [0.15, 0.2) is 0 Å². The van der Waals surface area contributed by atoms with Gasteiger partial charge in [0.05, 0.1) is 12.2 Å². The van der Waals surface area contributed by atoms with Crippen molar-refractivity contribution in [1.82, 2.24) is 0 Å². The highest BCUT2D eigenvalue weighted by Crippen LogP contribution is 2.57. The van der Waals surface area contributed by atoms with Crippen molar-refractivity contribution in [3.8, 4) is 0 Å². The topological polar surface area (TPSA) is 18.5 Å². The van der Waals surface area contributed by atoms with E-state index >= 15 is 0 Å². The van der Waals surface area contributed by atoms with Crippen LogP contribution in [0.25, 0.3) is 21.5 Å². The first-order valence-corrected chi connectivity index (χ1v) is 10.9. The van der Waals surface area contributed by atoms with E-state index in [1.165, 1.54) is 43.8 Å². The Labute approximate surface area is 177 Å². The number of methoxy groups -OCH3 is 2. The van der Waals surface area contributed by atoms with Gasteiger partial charge in [0, 0.05) is 14.2 Å². The minimum Gasteiger partial charge on any atom is -0.377 e. The summed E-state index contributed by atoms with van der Waals surface area (Å²) in [4.78, 5) is 0. The Morgan fingerprint density at radius 2 is 1.00 bits per heavy atom. The number of hydrogen-bond acceptors (Lipinski definition) is 2. The van der Waals surface area contributed by atoms with E-state index in [1.54, 1.807) is 0 Å². The molecular weight excluding hydrogens is 368 g/mol. The molecule has 4 atom stereocenters. The third-order valence-electron chi connectivity index (χ3n) is 7.44. The maximum absolute atomic E-state index is 6.10. The average molecular weight is 395 g/mol. The van der Waals surface area contributed by atoms with Crippen LogP contribution >= 0.6 is 0 Å². The number of ether oxygens (including phenoxy) is 2. The summed E-state index contributed by atoms with van der Waals surface area (Å²) < 4.78 is 12.2. The summed E-state index contributed by atoms with van der Waals surface area (Å²) in [5, 5.41) is 5.25. The standard InChI is InChI=1S/C28H26O2/c1-29-25-15-23-22-14-12-18-8-4-6-10-20(18)28(22)26(30-2)16-24(23)21-13-11-17-7-3-5-9-19(17)27(21)25/h3-14,23-26H,15-16H2,1-2H3. The van der Waals surface area contributed by atoms with Crippen LogP contribution in [0.2, 0.25) is 0 Å². The van der Waals surface area contributed by atoms with Crippen molar-refractivity contribution in [3.05, 3.63) is 95.1 Å². The summed E-state index contributed by atoms with van der Waals surface area (Å²) >= 11 is 0. The zero-order valence-corrected chi connectivity index (χ0v) is 17.5. The zero-order valence-electron chi connectivity index (χ0n) is 17.5. The second-order valence-corrected chi connectivity index (χ2v) is 8.71. The predicted octanol–water partition coefficient (Wildman–Crippen LogP) is 7.04. The Hall–Kier alpha value is -2.68. The van der Waals surface area contributed by atoms with Crippen LogP contribution < -0.4 is 0 Å². The fourth-order valence-electron chi connectivity index (χ4n) is 6.13. The van der Waals surface area contributed by atoms with Crippen LogP contribution in [0.1, 0.15) is 59.1 Å². The highest BCUT2D eigenvalue weighted by molar-refractivity contribution is 5.89. The molecule has 0 heterocycles. The van der Waals surface area contributed by atoms with E-state index in [-0.39, 0.29) is 12.2 Å². The molecule has 2 heteroatoms. The molecule has 0 amide bonds. The van der Waals surface area contributed by atoms with Gasteiger partial charge in [-0.1, -0.05) is 72.8 Å². The number of fused-ring (bicyclic) bond motifs is 9. The maximum atomic E-state index is 6.10. The molecule has 4 aromatic rings. The van der Waals surface area contributed by atoms with Crippen molar-refractivity contribution in [2.75, 3.05) is 14.2 Å². The van der Waals surface area contributed by atoms with Crippen LogP contribution in [0.5, 0.6) is 0 Å². The van der Waals surface area contributed by atoms with Gasteiger partial charge in [-0.3, -0.25) is 0 Å². The van der Waals surface area contributed by atoms with E-state index in [2.05, 4.69) is 72.8 Å². The third kappa shape index (κ3) is 2.50. The van der Waals surface area contributed by atoms with Crippen molar-refractivity contribution in [3.63, 3.8) is 0 Å². The number of benzene rings is 4. The highest BCUT2D eigenvalue weighted by atomic mass is 16.5. The van der Waals surface area contributed by atoms with E-state index in [4.69, 9.17) is 9.47 Å². The minimum absolute atomic E-state index is 0.116. The quantitative estimate of drug-likeness (QED) is 0.363. The van der Waals surface area contributed by atoms with E-state index in [0.29, 0.717) is 11.8 Å². The van der Waals surface area contributed by atoms with Crippen LogP contribution in [0.15, 0.2) is 72.8 Å². The van der Waals surface area contributed by atoms with Crippen molar-refractivity contribution >= 4 is 21.5 Å². The lowest BCUT2D eigenvalue weighted by Gasteiger charge is -2.44. The second-order valence-electron chi connectivity index (χ2n) is 8.71. The van der Waals surface area contributed by atoms with E-state index in [1.807, 2.05) is 14.2 Å². The Kier molecular flexibility index (Phi) is 4.19. The molecule has 0 saturated heterocycles. The van der Waals surface area contributed by atoms with E-state index < -0.39 is 0 Å². The molecule has 0 fully saturated rings. The SMILES string of the molecule is COC1CC2c3ccc4ccccc4c3C(OC)CC2c2ccc3ccccc3c21. The van der Waals surface area contributed by atoms with Gasteiger partial charge >= 0.3 is 0 Å². The summed E-state index contributed by atoms with van der Waals surface area (Å²) in [6, 6.07) is 26.7. The first kappa shape index (κ1) is 18.1. The van der Waals surface area contributed by atoms with Crippen molar-refractivity contribution < 1.29 is 9.47 Å². The van der Waals surface area contributed by atoms with Crippen LogP contribution in [-0.4, -0.2) is 14.2 Å². The Balaban J connectivity index is 1.59. The average Bonchev–Trinajstić information content (AvgIpc) is 2.82. The van der Waals surface area contributed by atoms with E-state index in [9.17, 15) is 0 Å². The zero-order chi connectivity index (χ0) is 20.2. The normalized spacial score (nSPS) is 25.0. The fraction of sp³-hybridized carbons (Fsp3) is 0.286. The fourth-order valence-corrected chi connectivity index (χ4v) is 6.13. The summed E-state index contributed by atoms with van der Waals surface area (Å²) in [5.74, 6) is 0.907. The Morgan fingerprint density at radius 3 is 1.43 bits per heavy atom. The molecule has 0 aromatic heterocycles. The molecule has 0 bridgehead atoms. The largest absolute Gasteiger partial charge is 0.377 e. The second kappa shape index (κ2) is 6.94. The van der Waals surface area contributed by atoms with Crippen molar-refractivity contribution in [2.45, 2.75) is 36.9 Å². The summed E-state index contributed by atoms with van der Waals surface area (Å²) in [7, 11) is 3.72. The van der Waals surface area contributed by atoms with Gasteiger partial charge in [-0.15, -0.1) is 0 Å². The van der Waals surface area contributed by atoms with Gasteiger partial charge in [-0.25, -0.2) is 0 Å². The minimum atomic E-state index is 0.116. The van der Waals surface area contributed by atoms with Crippen LogP contribution in [0.3, 0.4) is 0 Å². The van der Waals surface area contributed by atoms with Crippen molar-refractivity contribution in [2.24, 2.45) is 0 Å². The Bertz CT molecular complexity index is 1160. The Morgan fingerprint density at radius 1 is 0.567 bits per heavy atom. The molecule has 150 valence electrons. The monoisotopic (exact) mass is 394 g/mol. The molecule has 0 N–H and O–H groups in total. The van der Waals surface area contributed by atoms with Gasteiger partial charge < -0.3 is 9.47 Å². The molecule has 30 heavy (non-hydrogen) atoms. The lowest BCUT2D eigenvalue weighted by molar-refractivity contribution is 0.0497. The predicted molar refractivity (Wildman–Crippen MR) is 122 cm³/mol. The smallest absolute Gasteiger partial charge is 0.0836 e. The van der Waals surface area contributed by atoms with Crippen LogP contribution in [0.4, 0.5) is 0 Å². The molecule has 6 rings (SSSR count). The molecule has 4 unspecified atom stereocenters. The van der Waals surface area contributed by atoms with Crippen molar-refractivity contribution in [1.29, 1.82) is 0 Å². The number of hydrogen-bond donors (Lipinski definition) is 0. The highest BCUT2D eigenvalue weighted by Gasteiger charge is 2.43. The number of rotatable bonds is 2. The van der Waals surface area contributed by atoms with Gasteiger partial charge in [-0.2, -0.15) is 0 Å². The van der Waals surface area contributed by atoms with E-state index in [0.717, 1.165) is 12.8 Å². The summed E-state index contributed by atoms with van der Waals surface area (Å²) in [6.07, 6.45) is 2.27. The molecule has 0 spiro atoms. The molecule has 4 aromatic carbocycles. The molecule has 2 nitrogen and oxygen atoms in total. The van der Waals surface area contributed by atoms with Gasteiger partial charge in [-0.05, 0) is 68.5 Å². The summed E-state index contributed by atoms with van der Waals surface area (Å²) in [6.45, 7) is 0.